The molecule has 0 aliphatic carbocycles. The summed E-state index contributed by atoms with van der Waals surface area (Å²) in [7, 11) is 1.39. The van der Waals surface area contributed by atoms with Crippen LogP contribution in [0.3, 0.4) is 0 Å². The third-order valence-electron chi connectivity index (χ3n) is 5.12. The molecule has 8 heteroatoms. The number of carbonyl (C=O) groups excluding carboxylic acids is 2. The van der Waals surface area contributed by atoms with Crippen molar-refractivity contribution in [1.82, 2.24) is 20.2 Å². The van der Waals surface area contributed by atoms with Gasteiger partial charge in [-0.1, -0.05) is 13.0 Å². The van der Waals surface area contributed by atoms with Gasteiger partial charge in [-0.3, -0.25) is 14.4 Å². The van der Waals surface area contributed by atoms with Crippen molar-refractivity contribution in [2.24, 2.45) is 0 Å². The fraction of sp³-hybridized carbons (Fsp3) is 0.318. The maximum absolute atomic E-state index is 12.7. The minimum atomic E-state index is -0.338. The van der Waals surface area contributed by atoms with Gasteiger partial charge >= 0.3 is 0 Å². The van der Waals surface area contributed by atoms with Gasteiger partial charge in [-0.05, 0) is 50.5 Å². The van der Waals surface area contributed by atoms with Gasteiger partial charge in [0.25, 0.3) is 11.8 Å². The Morgan fingerprint density at radius 1 is 1.23 bits per heavy atom. The van der Waals surface area contributed by atoms with Crippen LogP contribution in [0.4, 0.5) is 11.5 Å². The molecule has 0 fully saturated rings. The monoisotopic (exact) mass is 409 g/mol. The molecule has 3 N–H and O–H groups in total. The molecular formula is C22H27N5O3. The van der Waals surface area contributed by atoms with Crippen LogP contribution in [0.25, 0.3) is 5.52 Å². The van der Waals surface area contributed by atoms with E-state index < -0.39 is 0 Å². The van der Waals surface area contributed by atoms with E-state index in [1.165, 1.54) is 7.11 Å². The SMILES string of the molecule is CC[C@H](C)NC(=O)c1cn2ccnc(Nc3cc(C(=O)NOC)ccc3C)c2c1C. The minimum Gasteiger partial charge on any atom is -0.350 e. The first-order valence-corrected chi connectivity index (χ1v) is 9.83. The van der Waals surface area contributed by atoms with Crippen molar-refractivity contribution in [1.29, 1.82) is 0 Å². The summed E-state index contributed by atoms with van der Waals surface area (Å²) >= 11 is 0. The van der Waals surface area contributed by atoms with Gasteiger partial charge in [-0.2, -0.15) is 0 Å². The molecule has 3 aromatic rings. The number of fused-ring (bicyclic) bond motifs is 1. The Bertz CT molecular complexity index is 1090. The number of hydrogen-bond acceptors (Lipinski definition) is 5. The molecule has 0 aliphatic heterocycles. The molecule has 30 heavy (non-hydrogen) atoms. The van der Waals surface area contributed by atoms with Crippen LogP contribution in [0.15, 0.2) is 36.8 Å². The third kappa shape index (κ3) is 4.28. The molecule has 3 rings (SSSR count). The smallest absolute Gasteiger partial charge is 0.274 e. The lowest BCUT2D eigenvalue weighted by atomic mass is 10.1. The first-order valence-electron chi connectivity index (χ1n) is 9.83. The Morgan fingerprint density at radius 3 is 2.70 bits per heavy atom. The molecular weight excluding hydrogens is 382 g/mol. The summed E-state index contributed by atoms with van der Waals surface area (Å²) in [5.74, 6) is 0.158. The minimum absolute atomic E-state index is 0.0965. The number of benzene rings is 1. The van der Waals surface area contributed by atoms with Crippen LogP contribution in [-0.2, 0) is 4.84 Å². The third-order valence-corrected chi connectivity index (χ3v) is 5.12. The van der Waals surface area contributed by atoms with E-state index in [0.29, 0.717) is 16.9 Å². The van der Waals surface area contributed by atoms with Gasteiger partial charge in [0.1, 0.15) is 0 Å². The van der Waals surface area contributed by atoms with E-state index in [4.69, 9.17) is 4.84 Å². The van der Waals surface area contributed by atoms with Crippen LogP contribution in [0.1, 0.15) is 52.1 Å². The highest BCUT2D eigenvalue weighted by molar-refractivity contribution is 5.99. The Hall–Kier alpha value is -3.39. The van der Waals surface area contributed by atoms with Gasteiger partial charge in [0.15, 0.2) is 5.82 Å². The number of carbonyl (C=O) groups is 2. The molecule has 8 nitrogen and oxygen atoms in total. The predicted octanol–water partition coefficient (Wildman–Crippen LogP) is 3.51. The molecule has 2 aromatic heterocycles. The zero-order valence-corrected chi connectivity index (χ0v) is 17.9. The van der Waals surface area contributed by atoms with Crippen molar-refractivity contribution in [3.05, 3.63) is 59.0 Å². The first kappa shape index (κ1) is 21.3. The van der Waals surface area contributed by atoms with Gasteiger partial charge in [-0.25, -0.2) is 10.5 Å². The highest BCUT2D eigenvalue weighted by Gasteiger charge is 2.18. The van der Waals surface area contributed by atoms with E-state index >= 15 is 0 Å². The van der Waals surface area contributed by atoms with Crippen molar-refractivity contribution >= 4 is 28.8 Å². The van der Waals surface area contributed by atoms with Crippen molar-refractivity contribution in [3.63, 3.8) is 0 Å². The fourth-order valence-electron chi connectivity index (χ4n) is 3.18. The number of nitrogens with one attached hydrogen (secondary N) is 3. The van der Waals surface area contributed by atoms with Crippen LogP contribution in [-0.4, -0.2) is 34.4 Å². The number of nitrogens with zero attached hydrogens (tertiary/aromatic N) is 2. The molecule has 0 saturated heterocycles. The normalized spacial score (nSPS) is 11.9. The highest BCUT2D eigenvalue weighted by atomic mass is 16.6. The summed E-state index contributed by atoms with van der Waals surface area (Å²) in [6.45, 7) is 7.86. The maximum Gasteiger partial charge on any atom is 0.274 e. The lowest BCUT2D eigenvalue weighted by molar-refractivity contribution is 0.0537. The second-order valence-corrected chi connectivity index (χ2v) is 7.27. The average Bonchev–Trinajstić information content (AvgIpc) is 3.07. The number of anilines is 2. The number of amides is 2. The summed E-state index contributed by atoms with van der Waals surface area (Å²) < 4.78 is 1.88. The van der Waals surface area contributed by atoms with Crippen LogP contribution >= 0.6 is 0 Å². The van der Waals surface area contributed by atoms with E-state index in [1.807, 2.05) is 50.6 Å². The molecule has 0 spiro atoms. The number of aryl methyl sites for hydroxylation is 2. The molecule has 0 radical (unpaired) electrons. The Morgan fingerprint density at radius 2 is 2.00 bits per heavy atom. The molecule has 0 saturated carbocycles. The lowest BCUT2D eigenvalue weighted by Crippen LogP contribution is -2.32. The molecule has 1 atom stereocenters. The van der Waals surface area contributed by atoms with Gasteiger partial charge in [0.2, 0.25) is 0 Å². The summed E-state index contributed by atoms with van der Waals surface area (Å²) in [5, 5.41) is 6.32. The molecule has 158 valence electrons. The van der Waals surface area contributed by atoms with Crippen molar-refractivity contribution in [2.45, 2.75) is 40.2 Å². The summed E-state index contributed by atoms with van der Waals surface area (Å²) in [6.07, 6.45) is 6.15. The van der Waals surface area contributed by atoms with E-state index in [-0.39, 0.29) is 17.9 Å². The largest absolute Gasteiger partial charge is 0.350 e. The van der Waals surface area contributed by atoms with Crippen LogP contribution in [0.2, 0.25) is 0 Å². The number of hydrogen-bond donors (Lipinski definition) is 3. The molecule has 0 bridgehead atoms. The van der Waals surface area contributed by atoms with Gasteiger partial charge in [0.05, 0.1) is 18.2 Å². The van der Waals surface area contributed by atoms with Gasteiger partial charge < -0.3 is 15.0 Å². The number of hydroxylamine groups is 1. The van der Waals surface area contributed by atoms with Gasteiger partial charge in [0, 0.05) is 35.9 Å². The second-order valence-electron chi connectivity index (χ2n) is 7.27. The average molecular weight is 409 g/mol. The molecule has 2 heterocycles. The van der Waals surface area contributed by atoms with Crippen LogP contribution in [0.5, 0.6) is 0 Å². The van der Waals surface area contributed by atoms with E-state index in [2.05, 4.69) is 21.1 Å². The molecule has 2 amide bonds. The van der Waals surface area contributed by atoms with Gasteiger partial charge in [-0.15, -0.1) is 0 Å². The van der Waals surface area contributed by atoms with E-state index in [9.17, 15) is 9.59 Å². The highest BCUT2D eigenvalue weighted by Crippen LogP contribution is 2.28. The van der Waals surface area contributed by atoms with Crippen molar-refractivity contribution in [2.75, 3.05) is 12.4 Å². The maximum atomic E-state index is 12.7. The molecule has 0 aliphatic rings. The predicted molar refractivity (Wildman–Crippen MR) is 116 cm³/mol. The Balaban J connectivity index is 1.99. The Kier molecular flexibility index (Phi) is 6.37. The van der Waals surface area contributed by atoms with Crippen molar-refractivity contribution < 1.29 is 14.4 Å². The zero-order valence-electron chi connectivity index (χ0n) is 17.9. The van der Waals surface area contributed by atoms with Crippen LogP contribution in [0, 0.1) is 13.8 Å². The van der Waals surface area contributed by atoms with E-state index in [1.54, 1.807) is 18.3 Å². The van der Waals surface area contributed by atoms with E-state index in [0.717, 1.165) is 28.8 Å². The standard InChI is InChI=1S/C22H27N5O3/c1-6-14(3)24-22(29)17-12-27-10-9-23-20(19(27)15(17)4)25-18-11-16(8-7-13(18)2)21(28)26-30-5/h7-12,14H,6H2,1-5H3,(H,23,25)(H,24,29)(H,26,28)/t14-/m0/s1. The Labute approximate surface area is 175 Å². The zero-order chi connectivity index (χ0) is 21.8. The topological polar surface area (TPSA) is 96.8 Å². The van der Waals surface area contributed by atoms with Crippen LogP contribution < -0.4 is 16.1 Å². The summed E-state index contributed by atoms with van der Waals surface area (Å²) in [4.78, 5) is 34.0. The number of rotatable bonds is 7. The first-order chi connectivity index (χ1) is 14.3. The lowest BCUT2D eigenvalue weighted by Gasteiger charge is -2.13. The summed E-state index contributed by atoms with van der Waals surface area (Å²) in [5.41, 5.74) is 6.71. The molecule has 1 aromatic carbocycles. The molecule has 0 unspecified atom stereocenters. The second kappa shape index (κ2) is 8.96. The van der Waals surface area contributed by atoms with Crippen molar-refractivity contribution in [3.8, 4) is 0 Å². The fourth-order valence-corrected chi connectivity index (χ4v) is 3.18. The quantitative estimate of drug-likeness (QED) is 0.519. The number of aromatic nitrogens is 2. The summed E-state index contributed by atoms with van der Waals surface area (Å²) in [6, 6.07) is 5.41.